The van der Waals surface area contributed by atoms with Crippen molar-refractivity contribution in [2.24, 2.45) is 11.8 Å². The largest absolute Gasteiger partial charge is 0.328 e. The van der Waals surface area contributed by atoms with Gasteiger partial charge >= 0.3 is 0 Å². The van der Waals surface area contributed by atoms with Crippen LogP contribution in [0.1, 0.15) is 36.7 Å². The number of imidazole rings is 1. The van der Waals surface area contributed by atoms with Gasteiger partial charge in [-0.05, 0) is 18.3 Å². The van der Waals surface area contributed by atoms with E-state index < -0.39 is 0 Å². The molecule has 0 N–H and O–H groups in total. The van der Waals surface area contributed by atoms with Crippen LogP contribution in [0.25, 0.3) is 0 Å². The van der Waals surface area contributed by atoms with E-state index in [1.807, 2.05) is 4.57 Å². The number of hydrogen-bond acceptors (Lipinski definition) is 2. The molecule has 3 nitrogen and oxygen atoms in total. The Morgan fingerprint density at radius 1 is 1.64 bits per heavy atom. The van der Waals surface area contributed by atoms with Crippen LogP contribution in [0.2, 0.25) is 0 Å². The number of nitrogens with zero attached hydrogens (tertiary/aromatic N) is 2. The lowest BCUT2D eigenvalue weighted by Gasteiger charge is -2.16. The lowest BCUT2D eigenvalue weighted by molar-refractivity contribution is 0.111. The van der Waals surface area contributed by atoms with Gasteiger partial charge in [-0.2, -0.15) is 0 Å². The summed E-state index contributed by atoms with van der Waals surface area (Å²) in [5.41, 5.74) is 0.698. The van der Waals surface area contributed by atoms with Crippen molar-refractivity contribution in [1.29, 1.82) is 0 Å². The highest BCUT2D eigenvalue weighted by Crippen LogP contribution is 2.32. The predicted molar refractivity (Wildman–Crippen MR) is 54.1 cm³/mol. The molecule has 3 heteroatoms. The van der Waals surface area contributed by atoms with E-state index >= 15 is 0 Å². The van der Waals surface area contributed by atoms with Gasteiger partial charge in [0.25, 0.3) is 0 Å². The number of aldehydes is 1. The third-order valence-electron chi connectivity index (χ3n) is 3.34. The summed E-state index contributed by atoms with van der Waals surface area (Å²) in [6, 6.07) is 0. The molecule has 0 amide bonds. The highest BCUT2D eigenvalue weighted by molar-refractivity contribution is 5.71. The van der Waals surface area contributed by atoms with Crippen LogP contribution in [-0.2, 0) is 6.54 Å². The molecule has 2 rings (SSSR count). The van der Waals surface area contributed by atoms with Crippen LogP contribution in [-0.4, -0.2) is 15.8 Å². The molecule has 76 valence electrons. The van der Waals surface area contributed by atoms with Crippen LogP contribution in [0.15, 0.2) is 12.5 Å². The van der Waals surface area contributed by atoms with Gasteiger partial charge in [-0.1, -0.05) is 19.8 Å². The summed E-state index contributed by atoms with van der Waals surface area (Å²) in [7, 11) is 0. The van der Waals surface area contributed by atoms with Crippen molar-refractivity contribution in [2.75, 3.05) is 0 Å². The van der Waals surface area contributed by atoms with Gasteiger partial charge in [0.15, 0.2) is 6.29 Å². The molecule has 0 bridgehead atoms. The number of aromatic nitrogens is 2. The molecule has 14 heavy (non-hydrogen) atoms. The Balaban J connectivity index is 2.06. The molecule has 1 saturated carbocycles. The Hall–Kier alpha value is -1.12. The minimum atomic E-state index is 0.698. The summed E-state index contributed by atoms with van der Waals surface area (Å²) in [6.07, 6.45) is 8.22. The van der Waals surface area contributed by atoms with Crippen molar-refractivity contribution in [2.45, 2.75) is 32.7 Å². The fraction of sp³-hybridized carbons (Fsp3) is 0.636. The molecule has 1 aliphatic carbocycles. The molecule has 0 aromatic carbocycles. The first-order valence-electron chi connectivity index (χ1n) is 5.26. The smallest absolute Gasteiger partial charge is 0.168 e. The zero-order valence-electron chi connectivity index (χ0n) is 8.52. The topological polar surface area (TPSA) is 34.9 Å². The van der Waals surface area contributed by atoms with Crippen molar-refractivity contribution >= 4 is 6.29 Å². The fourth-order valence-corrected chi connectivity index (χ4v) is 2.33. The quantitative estimate of drug-likeness (QED) is 0.688. The minimum absolute atomic E-state index is 0.698. The van der Waals surface area contributed by atoms with E-state index in [-0.39, 0.29) is 0 Å². The van der Waals surface area contributed by atoms with Gasteiger partial charge in [0, 0.05) is 6.54 Å². The van der Waals surface area contributed by atoms with E-state index in [0.717, 1.165) is 24.7 Å². The van der Waals surface area contributed by atoms with Crippen molar-refractivity contribution in [3.05, 3.63) is 18.2 Å². The Morgan fingerprint density at radius 3 is 3.14 bits per heavy atom. The second kappa shape index (κ2) is 3.95. The standard InChI is InChI=1S/C11H16N2O/c1-9-3-2-4-10(9)6-13-8-12-5-11(13)7-14/h5,7-10H,2-4,6H2,1H3. The van der Waals surface area contributed by atoms with Crippen molar-refractivity contribution < 1.29 is 4.79 Å². The molecule has 2 atom stereocenters. The molecule has 1 aliphatic rings. The maximum atomic E-state index is 10.7. The molecule has 0 aliphatic heterocycles. The van der Waals surface area contributed by atoms with Gasteiger partial charge in [0.1, 0.15) is 5.69 Å². The van der Waals surface area contributed by atoms with E-state index in [1.54, 1.807) is 12.5 Å². The Bertz CT molecular complexity index is 319. The molecule has 2 unspecified atom stereocenters. The number of rotatable bonds is 3. The zero-order chi connectivity index (χ0) is 9.97. The van der Waals surface area contributed by atoms with Gasteiger partial charge in [-0.25, -0.2) is 4.98 Å². The summed E-state index contributed by atoms with van der Waals surface area (Å²) in [6.45, 7) is 3.25. The highest BCUT2D eigenvalue weighted by atomic mass is 16.1. The normalized spacial score (nSPS) is 26.6. The number of hydrogen-bond donors (Lipinski definition) is 0. The first kappa shape index (κ1) is 9.44. The molecular formula is C11H16N2O. The summed E-state index contributed by atoms with van der Waals surface area (Å²) in [5, 5.41) is 0. The second-order valence-electron chi connectivity index (χ2n) is 4.26. The lowest BCUT2D eigenvalue weighted by atomic mass is 9.98. The zero-order valence-corrected chi connectivity index (χ0v) is 8.52. The van der Waals surface area contributed by atoms with Crippen LogP contribution in [0.4, 0.5) is 0 Å². The van der Waals surface area contributed by atoms with Gasteiger partial charge in [-0.15, -0.1) is 0 Å². The van der Waals surface area contributed by atoms with Crippen molar-refractivity contribution in [1.82, 2.24) is 9.55 Å². The Morgan fingerprint density at radius 2 is 2.50 bits per heavy atom. The van der Waals surface area contributed by atoms with E-state index in [1.165, 1.54) is 19.3 Å². The van der Waals surface area contributed by atoms with Crippen LogP contribution < -0.4 is 0 Å². The average molecular weight is 192 g/mol. The predicted octanol–water partition coefficient (Wildman–Crippen LogP) is 2.13. The van der Waals surface area contributed by atoms with E-state index in [2.05, 4.69) is 11.9 Å². The fourth-order valence-electron chi connectivity index (χ4n) is 2.33. The first-order chi connectivity index (χ1) is 6.81. The van der Waals surface area contributed by atoms with E-state index in [9.17, 15) is 4.79 Å². The van der Waals surface area contributed by atoms with Gasteiger partial charge in [0.05, 0.1) is 12.5 Å². The van der Waals surface area contributed by atoms with Crippen molar-refractivity contribution in [3.63, 3.8) is 0 Å². The summed E-state index contributed by atoms with van der Waals surface area (Å²) >= 11 is 0. The van der Waals surface area contributed by atoms with E-state index in [0.29, 0.717) is 5.69 Å². The van der Waals surface area contributed by atoms with Crippen LogP contribution >= 0.6 is 0 Å². The molecule has 1 aromatic rings. The Labute approximate surface area is 84.1 Å². The first-order valence-corrected chi connectivity index (χ1v) is 5.26. The SMILES string of the molecule is CC1CCCC1Cn1cncc1C=O. The number of carbonyl (C=O) groups excluding carboxylic acids is 1. The monoisotopic (exact) mass is 192 g/mol. The average Bonchev–Trinajstić information content (AvgIpc) is 2.77. The minimum Gasteiger partial charge on any atom is -0.328 e. The Kier molecular flexibility index (Phi) is 2.66. The molecule has 0 saturated heterocycles. The third kappa shape index (κ3) is 1.72. The molecular weight excluding hydrogens is 176 g/mol. The lowest BCUT2D eigenvalue weighted by Crippen LogP contribution is -2.14. The summed E-state index contributed by atoms with van der Waals surface area (Å²) < 4.78 is 1.97. The second-order valence-corrected chi connectivity index (χ2v) is 4.26. The van der Waals surface area contributed by atoms with Gasteiger partial charge in [-0.3, -0.25) is 4.79 Å². The summed E-state index contributed by atoms with van der Waals surface area (Å²) in [4.78, 5) is 14.7. The maximum absolute atomic E-state index is 10.7. The van der Waals surface area contributed by atoms with Crippen molar-refractivity contribution in [3.8, 4) is 0 Å². The van der Waals surface area contributed by atoms with Crippen LogP contribution in [0, 0.1) is 11.8 Å². The van der Waals surface area contributed by atoms with Gasteiger partial charge < -0.3 is 4.57 Å². The van der Waals surface area contributed by atoms with Crippen LogP contribution in [0.3, 0.4) is 0 Å². The van der Waals surface area contributed by atoms with Crippen LogP contribution in [0.5, 0.6) is 0 Å². The number of carbonyl (C=O) groups is 1. The molecule has 1 aromatic heterocycles. The highest BCUT2D eigenvalue weighted by Gasteiger charge is 2.23. The molecule has 1 heterocycles. The summed E-state index contributed by atoms with van der Waals surface area (Å²) in [5.74, 6) is 1.51. The maximum Gasteiger partial charge on any atom is 0.168 e. The van der Waals surface area contributed by atoms with E-state index in [4.69, 9.17) is 0 Å². The molecule has 0 spiro atoms. The molecule has 1 fully saturated rings. The molecule has 0 radical (unpaired) electrons. The third-order valence-corrected chi connectivity index (χ3v) is 3.34. The van der Waals surface area contributed by atoms with Gasteiger partial charge in [0.2, 0.25) is 0 Å².